The third kappa shape index (κ3) is 2.53. The molecule has 0 saturated heterocycles. The Hall–Kier alpha value is 0.920. The van der Waals surface area contributed by atoms with Crippen molar-refractivity contribution in [2.45, 2.75) is 92.3 Å². The van der Waals surface area contributed by atoms with E-state index in [0.717, 1.165) is 24.7 Å². The predicted molar refractivity (Wildman–Crippen MR) is 97.6 cm³/mol. The Kier molecular flexibility index (Phi) is 5.26. The molecule has 4 fully saturated rings. The van der Waals surface area contributed by atoms with Crippen LogP contribution >= 0.6 is 0 Å². The van der Waals surface area contributed by atoms with E-state index in [2.05, 4.69) is 41.5 Å². The summed E-state index contributed by atoms with van der Waals surface area (Å²) in [5, 5.41) is 19.6. The summed E-state index contributed by atoms with van der Waals surface area (Å²) < 4.78 is 0. The molecule has 0 aliphatic heterocycles. The first-order valence-corrected chi connectivity index (χ1v) is 9.33. The molecule has 0 aromatic carbocycles. The third-order valence-electron chi connectivity index (χ3n) is 9.50. The third-order valence-corrected chi connectivity index (χ3v) is 9.50. The molecule has 2 nitrogen and oxygen atoms in total. The number of hydrogen-bond donors (Lipinski definition) is 2. The molecular formula is C20H37NaO2. The Labute approximate surface area is 165 Å². The van der Waals surface area contributed by atoms with Crippen LogP contribution < -0.4 is 0 Å². The molecule has 0 radical (unpaired) electrons. The van der Waals surface area contributed by atoms with E-state index in [0.29, 0.717) is 10.8 Å². The number of fused-ring (bicyclic) bond motifs is 4. The second-order valence-corrected chi connectivity index (χ2v) is 10.3. The number of aliphatic hydroxyl groups is 2. The predicted octanol–water partition coefficient (Wildman–Crippen LogP) is 3.74. The average Bonchev–Trinajstić information content (AvgIpc) is 2.91. The second-order valence-electron chi connectivity index (χ2n) is 10.3. The van der Waals surface area contributed by atoms with E-state index in [1.54, 1.807) is 0 Å². The molecule has 3 heteroatoms. The van der Waals surface area contributed by atoms with Gasteiger partial charge >= 0.3 is 29.6 Å². The van der Waals surface area contributed by atoms with Crippen LogP contribution in [0.5, 0.6) is 0 Å². The van der Waals surface area contributed by atoms with Gasteiger partial charge in [-0.2, -0.15) is 0 Å². The summed E-state index contributed by atoms with van der Waals surface area (Å²) in [6.45, 7) is 13.8. The first kappa shape index (κ1) is 20.2. The maximum atomic E-state index is 9.81. The Morgan fingerprint density at radius 2 is 0.957 bits per heavy atom. The van der Waals surface area contributed by atoms with E-state index in [1.807, 2.05) is 0 Å². The minimum atomic E-state index is -0.0313. The van der Waals surface area contributed by atoms with Crippen LogP contribution in [0.15, 0.2) is 0 Å². The molecule has 4 aliphatic carbocycles. The van der Waals surface area contributed by atoms with Gasteiger partial charge in [-0.3, -0.25) is 0 Å². The quantitative estimate of drug-likeness (QED) is 0.664. The van der Waals surface area contributed by atoms with Crippen molar-refractivity contribution in [1.29, 1.82) is 0 Å². The van der Waals surface area contributed by atoms with E-state index < -0.39 is 0 Å². The molecule has 0 aromatic heterocycles. The summed E-state index contributed by atoms with van der Waals surface area (Å²) in [5.41, 5.74) is 1.20. The molecule has 0 amide bonds. The second kappa shape index (κ2) is 5.98. The molecule has 130 valence electrons. The molecule has 23 heavy (non-hydrogen) atoms. The summed E-state index contributed by atoms with van der Waals surface area (Å²) in [7, 11) is 0. The fourth-order valence-electron chi connectivity index (χ4n) is 6.32. The van der Waals surface area contributed by atoms with Crippen LogP contribution in [0.3, 0.4) is 0 Å². The number of hydrogen-bond acceptors (Lipinski definition) is 2. The first-order valence-electron chi connectivity index (χ1n) is 9.33. The van der Waals surface area contributed by atoms with Gasteiger partial charge in [0.15, 0.2) is 0 Å². The summed E-state index contributed by atoms with van der Waals surface area (Å²) in [6.07, 6.45) is 7.15. The monoisotopic (exact) mass is 332 g/mol. The molecule has 0 aromatic rings. The summed E-state index contributed by atoms with van der Waals surface area (Å²) >= 11 is 0. The fraction of sp³-hybridized carbons (Fsp3) is 1.00. The van der Waals surface area contributed by atoms with Crippen molar-refractivity contribution < 1.29 is 10.2 Å². The Bertz CT molecular complexity index is 419. The van der Waals surface area contributed by atoms with Crippen molar-refractivity contribution in [2.24, 2.45) is 33.5 Å². The van der Waals surface area contributed by atoms with E-state index in [9.17, 15) is 10.2 Å². The van der Waals surface area contributed by atoms with Crippen LogP contribution in [0.4, 0.5) is 0 Å². The van der Waals surface area contributed by atoms with E-state index in [4.69, 9.17) is 0 Å². The summed E-state index contributed by atoms with van der Waals surface area (Å²) in [5.74, 6) is 1.56. The summed E-state index contributed by atoms with van der Waals surface area (Å²) in [4.78, 5) is 0. The van der Waals surface area contributed by atoms with Crippen LogP contribution in [0.2, 0.25) is 0 Å². The normalized spacial score (nSPS) is 51.1. The van der Waals surface area contributed by atoms with Crippen molar-refractivity contribution >= 4 is 29.6 Å². The van der Waals surface area contributed by atoms with Crippen LogP contribution in [-0.4, -0.2) is 52.0 Å². The van der Waals surface area contributed by atoms with E-state index >= 15 is 0 Å². The van der Waals surface area contributed by atoms with Gasteiger partial charge in [0.05, 0.1) is 12.2 Å². The van der Waals surface area contributed by atoms with Crippen LogP contribution in [-0.2, 0) is 0 Å². The van der Waals surface area contributed by atoms with E-state index in [1.165, 1.54) is 25.7 Å². The standard InChI is InChI=1S/2C10H18O.Na.H/c2*1-9(2)7-4-5-10(9,3)8(11)6-7;;/h2*7-8,11H,4-6H2,1-3H3;;. The van der Waals surface area contributed by atoms with Gasteiger partial charge in [-0.25, -0.2) is 0 Å². The molecule has 0 spiro atoms. The first-order chi connectivity index (χ1) is 9.97. The van der Waals surface area contributed by atoms with Crippen molar-refractivity contribution in [1.82, 2.24) is 0 Å². The molecule has 2 N–H and O–H groups in total. The molecule has 4 aliphatic rings. The molecule has 4 rings (SSSR count). The van der Waals surface area contributed by atoms with Crippen molar-refractivity contribution in [3.8, 4) is 0 Å². The van der Waals surface area contributed by atoms with Gasteiger partial charge in [-0.05, 0) is 72.0 Å². The van der Waals surface area contributed by atoms with Gasteiger partial charge in [0.25, 0.3) is 0 Å². The zero-order chi connectivity index (χ0) is 16.6. The Balaban J connectivity index is 0.000000160. The van der Waals surface area contributed by atoms with Gasteiger partial charge in [0.2, 0.25) is 0 Å². The molecule has 6 atom stereocenters. The van der Waals surface area contributed by atoms with Gasteiger partial charge in [0, 0.05) is 0 Å². The fourth-order valence-corrected chi connectivity index (χ4v) is 6.32. The van der Waals surface area contributed by atoms with Gasteiger partial charge in [-0.15, -0.1) is 0 Å². The average molecular weight is 333 g/mol. The molecule has 4 bridgehead atoms. The van der Waals surface area contributed by atoms with E-state index in [-0.39, 0.29) is 52.6 Å². The Morgan fingerprint density at radius 3 is 1.04 bits per heavy atom. The van der Waals surface area contributed by atoms with Gasteiger partial charge in [0.1, 0.15) is 0 Å². The molecule has 4 saturated carbocycles. The van der Waals surface area contributed by atoms with Crippen molar-refractivity contribution in [3.63, 3.8) is 0 Å². The molecular weight excluding hydrogens is 295 g/mol. The SMILES string of the molecule is CC1(C)C2CCC1(C)C(O)C2.CC1(C)C2CCC1(C)C(O)C2.[NaH]. The molecule has 0 heterocycles. The Morgan fingerprint density at radius 1 is 0.652 bits per heavy atom. The number of rotatable bonds is 0. The number of aliphatic hydroxyl groups excluding tert-OH is 2. The zero-order valence-corrected chi connectivity index (χ0v) is 15.4. The van der Waals surface area contributed by atoms with Crippen molar-refractivity contribution in [2.75, 3.05) is 0 Å². The zero-order valence-electron chi connectivity index (χ0n) is 15.4. The van der Waals surface area contributed by atoms with Crippen LogP contribution in [0.25, 0.3) is 0 Å². The molecule has 6 unspecified atom stereocenters. The van der Waals surface area contributed by atoms with Gasteiger partial charge in [-0.1, -0.05) is 41.5 Å². The van der Waals surface area contributed by atoms with Crippen LogP contribution in [0.1, 0.15) is 80.1 Å². The minimum absolute atomic E-state index is 0. The maximum absolute atomic E-state index is 9.81. The van der Waals surface area contributed by atoms with Crippen molar-refractivity contribution in [3.05, 3.63) is 0 Å². The topological polar surface area (TPSA) is 40.5 Å². The van der Waals surface area contributed by atoms with Gasteiger partial charge < -0.3 is 10.2 Å². The van der Waals surface area contributed by atoms with Crippen LogP contribution in [0, 0.1) is 33.5 Å². The summed E-state index contributed by atoms with van der Waals surface area (Å²) in [6, 6.07) is 0.